The van der Waals surface area contributed by atoms with Gasteiger partial charge in [0.05, 0.1) is 0 Å². The van der Waals surface area contributed by atoms with Crippen LogP contribution in [-0.2, 0) is 0 Å². The summed E-state index contributed by atoms with van der Waals surface area (Å²) in [5, 5.41) is 0. The molecule has 0 bridgehead atoms. The van der Waals surface area contributed by atoms with Crippen molar-refractivity contribution in [1.29, 1.82) is 0 Å². The molecule has 0 nitrogen and oxygen atoms in total. The standard InChI is InChI=1S/C9H9.Li/c1-2-6-9-7-4-3-5-8-9;/h2-8H,1H2;/q-1;+1. The van der Waals surface area contributed by atoms with Gasteiger partial charge in [0.2, 0.25) is 0 Å². The fourth-order valence-electron chi connectivity index (χ4n) is 0.700. The molecule has 10 heavy (non-hydrogen) atoms. The summed E-state index contributed by atoms with van der Waals surface area (Å²) in [4.78, 5) is 0. The van der Waals surface area contributed by atoms with Gasteiger partial charge in [-0.1, -0.05) is 6.07 Å². The molecule has 1 aromatic carbocycles. The molecular weight excluding hydrogens is 115 g/mol. The molecule has 1 heteroatoms. The van der Waals surface area contributed by atoms with Gasteiger partial charge in [0.25, 0.3) is 0 Å². The van der Waals surface area contributed by atoms with Crippen LogP contribution in [0.15, 0.2) is 43.0 Å². The second kappa shape index (κ2) is 5.23. The molecule has 0 N–H and O–H groups in total. The van der Waals surface area contributed by atoms with Crippen LogP contribution in [0.1, 0.15) is 5.56 Å². The van der Waals surface area contributed by atoms with E-state index in [9.17, 15) is 0 Å². The Bertz CT molecular complexity index is 179. The van der Waals surface area contributed by atoms with Gasteiger partial charge in [-0.05, 0) is 0 Å². The van der Waals surface area contributed by atoms with E-state index in [2.05, 4.69) is 6.58 Å². The molecule has 0 saturated carbocycles. The maximum Gasteiger partial charge on any atom is 1.00 e. The molecule has 0 amide bonds. The van der Waals surface area contributed by atoms with E-state index in [-0.39, 0.29) is 18.9 Å². The van der Waals surface area contributed by atoms with Crippen LogP contribution in [-0.4, -0.2) is 0 Å². The first kappa shape index (κ1) is 9.43. The SMILES string of the molecule is C=C[CH-]c1ccccc1.[Li+]. The van der Waals surface area contributed by atoms with Crippen molar-refractivity contribution >= 4 is 0 Å². The molecule has 0 spiro atoms. The van der Waals surface area contributed by atoms with Gasteiger partial charge in [0.15, 0.2) is 0 Å². The largest absolute Gasteiger partial charge is 1.00 e. The van der Waals surface area contributed by atoms with Gasteiger partial charge in [-0.25, -0.2) is 0 Å². The summed E-state index contributed by atoms with van der Waals surface area (Å²) in [6, 6.07) is 10.1. The van der Waals surface area contributed by atoms with Gasteiger partial charge in [0.1, 0.15) is 0 Å². The van der Waals surface area contributed by atoms with Crippen LogP contribution < -0.4 is 18.9 Å². The molecule has 0 aliphatic carbocycles. The van der Waals surface area contributed by atoms with E-state index in [4.69, 9.17) is 0 Å². The topological polar surface area (TPSA) is 0 Å². The molecule has 0 radical (unpaired) electrons. The Labute approximate surface area is 74.1 Å². The molecule has 46 valence electrons. The average molecular weight is 124 g/mol. The number of allylic oxidation sites excluding steroid dienone is 1. The van der Waals surface area contributed by atoms with Crippen LogP contribution in [0.2, 0.25) is 0 Å². The van der Waals surface area contributed by atoms with E-state index in [0.717, 1.165) is 0 Å². The van der Waals surface area contributed by atoms with Crippen molar-refractivity contribution in [1.82, 2.24) is 0 Å². The van der Waals surface area contributed by atoms with Crippen LogP contribution in [0.3, 0.4) is 0 Å². The molecule has 0 fully saturated rings. The Morgan fingerprint density at radius 2 is 1.80 bits per heavy atom. The van der Waals surface area contributed by atoms with Crippen molar-refractivity contribution in [3.63, 3.8) is 0 Å². The number of benzene rings is 1. The maximum absolute atomic E-state index is 3.60. The zero-order valence-electron chi connectivity index (χ0n) is 6.25. The van der Waals surface area contributed by atoms with Gasteiger partial charge in [-0.3, -0.25) is 0 Å². The van der Waals surface area contributed by atoms with Crippen molar-refractivity contribution in [2.45, 2.75) is 0 Å². The molecule has 0 aromatic heterocycles. The summed E-state index contributed by atoms with van der Waals surface area (Å²) in [6.45, 7) is 3.60. The molecule has 1 aromatic rings. The third kappa shape index (κ3) is 2.82. The van der Waals surface area contributed by atoms with Gasteiger partial charge < -0.3 is 0 Å². The summed E-state index contributed by atoms with van der Waals surface area (Å²) in [6.07, 6.45) is 3.76. The van der Waals surface area contributed by atoms with E-state index >= 15 is 0 Å². The van der Waals surface area contributed by atoms with Crippen molar-refractivity contribution in [2.24, 2.45) is 0 Å². The molecular formula is C9H9Li. The number of rotatable bonds is 2. The summed E-state index contributed by atoms with van der Waals surface area (Å²) < 4.78 is 0. The summed E-state index contributed by atoms with van der Waals surface area (Å²) in [5.74, 6) is 0. The quantitative estimate of drug-likeness (QED) is 0.366. The Hall–Kier alpha value is -0.573. The fourth-order valence-corrected chi connectivity index (χ4v) is 0.700. The van der Waals surface area contributed by atoms with E-state index in [1.165, 1.54) is 5.56 Å². The predicted octanol–water partition coefficient (Wildman–Crippen LogP) is -0.571. The Morgan fingerprint density at radius 3 is 2.30 bits per heavy atom. The Morgan fingerprint density at radius 1 is 1.20 bits per heavy atom. The fraction of sp³-hybridized carbons (Fsp3) is 0. The summed E-state index contributed by atoms with van der Waals surface area (Å²) >= 11 is 0. The Balaban J connectivity index is 0.000000810. The van der Waals surface area contributed by atoms with Crippen LogP contribution in [0.5, 0.6) is 0 Å². The van der Waals surface area contributed by atoms with Crippen LogP contribution in [0.25, 0.3) is 0 Å². The third-order valence-corrected chi connectivity index (χ3v) is 1.11. The molecule has 0 saturated heterocycles. The minimum atomic E-state index is 0. The second-order valence-corrected chi connectivity index (χ2v) is 1.81. The normalized spacial score (nSPS) is 7.60. The van der Waals surface area contributed by atoms with Gasteiger partial charge in [-0.15, -0.1) is 36.2 Å². The maximum atomic E-state index is 3.60. The summed E-state index contributed by atoms with van der Waals surface area (Å²) in [5.41, 5.74) is 1.20. The van der Waals surface area contributed by atoms with Crippen molar-refractivity contribution in [3.05, 3.63) is 55.0 Å². The van der Waals surface area contributed by atoms with Crippen molar-refractivity contribution in [2.75, 3.05) is 0 Å². The summed E-state index contributed by atoms with van der Waals surface area (Å²) in [7, 11) is 0. The first-order chi connectivity index (χ1) is 4.43. The average Bonchev–Trinajstić information content (AvgIpc) is 1.91. The van der Waals surface area contributed by atoms with E-state index in [0.29, 0.717) is 0 Å². The van der Waals surface area contributed by atoms with E-state index in [1.807, 2.05) is 36.8 Å². The van der Waals surface area contributed by atoms with E-state index < -0.39 is 0 Å². The molecule has 0 aliphatic heterocycles. The molecule has 0 unspecified atom stereocenters. The Kier molecular flexibility index (Phi) is 4.93. The van der Waals surface area contributed by atoms with Gasteiger partial charge >= 0.3 is 18.9 Å². The number of hydrogen-bond acceptors (Lipinski definition) is 0. The van der Waals surface area contributed by atoms with Crippen LogP contribution >= 0.6 is 0 Å². The first-order valence-electron chi connectivity index (χ1n) is 2.94. The zero-order valence-corrected chi connectivity index (χ0v) is 6.25. The van der Waals surface area contributed by atoms with Crippen LogP contribution in [0, 0.1) is 6.42 Å². The molecule has 0 atom stereocenters. The molecule has 1 rings (SSSR count). The van der Waals surface area contributed by atoms with Gasteiger partial charge in [0, 0.05) is 0 Å². The third-order valence-electron chi connectivity index (χ3n) is 1.11. The second-order valence-electron chi connectivity index (χ2n) is 1.81. The monoisotopic (exact) mass is 124 g/mol. The zero-order chi connectivity index (χ0) is 6.53. The van der Waals surface area contributed by atoms with Gasteiger partial charge in [-0.2, -0.15) is 12.7 Å². The minimum Gasteiger partial charge on any atom is -0.169 e. The van der Waals surface area contributed by atoms with Crippen molar-refractivity contribution < 1.29 is 18.9 Å². The smallest absolute Gasteiger partial charge is 0.169 e. The minimum absolute atomic E-state index is 0. The van der Waals surface area contributed by atoms with Crippen LogP contribution in [0.4, 0.5) is 0 Å². The molecule has 0 aliphatic rings. The number of hydrogen-bond donors (Lipinski definition) is 0. The van der Waals surface area contributed by atoms with E-state index in [1.54, 1.807) is 6.08 Å². The molecule has 0 heterocycles. The first-order valence-corrected chi connectivity index (χ1v) is 2.94. The predicted molar refractivity (Wildman–Crippen MR) is 40.0 cm³/mol. The van der Waals surface area contributed by atoms with Crippen molar-refractivity contribution in [3.8, 4) is 0 Å².